The molecular weight excluding hydrogens is 162 g/mol. The summed E-state index contributed by atoms with van der Waals surface area (Å²) in [7, 11) is 0. The second-order valence-corrected chi connectivity index (χ2v) is 2.29. The van der Waals surface area contributed by atoms with E-state index in [4.69, 9.17) is 10.2 Å². The molecule has 0 aromatic carbocycles. The summed E-state index contributed by atoms with van der Waals surface area (Å²) in [6.45, 7) is 1.82. The number of aliphatic hydroxyl groups is 2. The molecule has 0 saturated carbocycles. The van der Waals surface area contributed by atoms with Crippen LogP contribution in [0.25, 0.3) is 0 Å². The predicted molar refractivity (Wildman–Crippen MR) is 42.6 cm³/mol. The molecule has 0 spiro atoms. The lowest BCUT2D eigenvalue weighted by Crippen LogP contribution is -2.37. The van der Waals surface area contributed by atoms with Crippen LogP contribution < -0.4 is 5.32 Å². The van der Waals surface area contributed by atoms with Crippen molar-refractivity contribution in [1.82, 2.24) is 5.32 Å². The van der Waals surface area contributed by atoms with Crippen LogP contribution in [0.15, 0.2) is 0 Å². The third kappa shape index (κ3) is 5.06. The Labute approximate surface area is 71.3 Å². The van der Waals surface area contributed by atoms with Gasteiger partial charge in [-0.05, 0) is 6.92 Å². The summed E-state index contributed by atoms with van der Waals surface area (Å²) >= 11 is 0. The molecule has 0 radical (unpaired) electrons. The van der Waals surface area contributed by atoms with Crippen molar-refractivity contribution < 1.29 is 19.7 Å². The van der Waals surface area contributed by atoms with Crippen molar-refractivity contribution in [3.05, 3.63) is 0 Å². The first-order chi connectivity index (χ1) is 5.72. The van der Waals surface area contributed by atoms with Crippen LogP contribution in [0.5, 0.6) is 0 Å². The molecule has 1 atom stereocenters. The fraction of sp³-hybridized carbons (Fsp3) is 0.857. The summed E-state index contributed by atoms with van der Waals surface area (Å²) in [4.78, 5) is 10.9. The zero-order chi connectivity index (χ0) is 9.40. The second kappa shape index (κ2) is 7.02. The standard InChI is InChI=1S/C7H15NO4/c1-6(8-2-3-9)7(11)12-5-4-10/h6,8-10H,2-5H2,1H3. The molecule has 0 saturated heterocycles. The van der Waals surface area contributed by atoms with Gasteiger partial charge < -0.3 is 20.3 Å². The summed E-state index contributed by atoms with van der Waals surface area (Å²) in [5, 5.41) is 19.5. The lowest BCUT2D eigenvalue weighted by molar-refractivity contribution is -0.146. The molecule has 0 aliphatic heterocycles. The highest BCUT2D eigenvalue weighted by Gasteiger charge is 2.12. The number of aliphatic hydroxyl groups excluding tert-OH is 2. The van der Waals surface area contributed by atoms with Crippen molar-refractivity contribution in [1.29, 1.82) is 0 Å². The molecule has 5 nitrogen and oxygen atoms in total. The van der Waals surface area contributed by atoms with Crippen molar-refractivity contribution in [2.24, 2.45) is 0 Å². The predicted octanol–water partition coefficient (Wildman–Crippen LogP) is -1.51. The van der Waals surface area contributed by atoms with E-state index in [1.54, 1.807) is 6.92 Å². The van der Waals surface area contributed by atoms with Crippen LogP contribution in [-0.4, -0.2) is 48.6 Å². The molecule has 0 heterocycles. The number of rotatable bonds is 6. The average Bonchev–Trinajstić information content (AvgIpc) is 2.10. The number of ether oxygens (including phenoxy) is 1. The first kappa shape index (κ1) is 11.4. The molecule has 0 aromatic heterocycles. The molecule has 0 aromatic rings. The van der Waals surface area contributed by atoms with Gasteiger partial charge in [0.1, 0.15) is 12.6 Å². The maximum absolute atomic E-state index is 10.9. The van der Waals surface area contributed by atoms with E-state index in [1.165, 1.54) is 0 Å². The van der Waals surface area contributed by atoms with Crippen molar-refractivity contribution >= 4 is 5.97 Å². The van der Waals surface area contributed by atoms with Crippen LogP contribution in [0.2, 0.25) is 0 Å². The minimum Gasteiger partial charge on any atom is -0.462 e. The monoisotopic (exact) mass is 177 g/mol. The van der Waals surface area contributed by atoms with Crippen molar-refractivity contribution in [3.8, 4) is 0 Å². The summed E-state index contributed by atoms with van der Waals surface area (Å²) in [6.07, 6.45) is 0. The van der Waals surface area contributed by atoms with Gasteiger partial charge in [-0.1, -0.05) is 0 Å². The van der Waals surface area contributed by atoms with Gasteiger partial charge in [-0.15, -0.1) is 0 Å². The maximum atomic E-state index is 10.9. The van der Waals surface area contributed by atoms with E-state index in [0.29, 0.717) is 6.54 Å². The number of carbonyl (C=O) groups excluding carboxylic acids is 1. The van der Waals surface area contributed by atoms with E-state index in [1.807, 2.05) is 0 Å². The van der Waals surface area contributed by atoms with Crippen LogP contribution in [0.1, 0.15) is 6.92 Å². The molecule has 1 unspecified atom stereocenters. The fourth-order valence-electron chi connectivity index (χ4n) is 0.636. The molecule has 5 heteroatoms. The first-order valence-corrected chi connectivity index (χ1v) is 3.84. The van der Waals surface area contributed by atoms with Crippen molar-refractivity contribution in [2.75, 3.05) is 26.4 Å². The minimum absolute atomic E-state index is 0.0162. The molecular formula is C7H15NO4. The Morgan fingerprint density at radius 2 is 2.17 bits per heavy atom. The Kier molecular flexibility index (Phi) is 6.64. The molecule has 0 aliphatic carbocycles. The highest BCUT2D eigenvalue weighted by Crippen LogP contribution is 1.86. The summed E-state index contributed by atoms with van der Waals surface area (Å²) in [5.41, 5.74) is 0. The fourth-order valence-corrected chi connectivity index (χ4v) is 0.636. The third-order valence-corrected chi connectivity index (χ3v) is 1.25. The molecule has 3 N–H and O–H groups in total. The lowest BCUT2D eigenvalue weighted by atomic mass is 10.3. The zero-order valence-corrected chi connectivity index (χ0v) is 7.12. The summed E-state index contributed by atoms with van der Waals surface area (Å²) in [5.74, 6) is -0.419. The van der Waals surface area contributed by atoms with Gasteiger partial charge in [0, 0.05) is 6.54 Å². The van der Waals surface area contributed by atoms with Gasteiger partial charge in [-0.3, -0.25) is 4.79 Å². The van der Waals surface area contributed by atoms with Crippen LogP contribution in [0.3, 0.4) is 0 Å². The Bertz CT molecular complexity index is 129. The van der Waals surface area contributed by atoms with Gasteiger partial charge in [0.15, 0.2) is 0 Å². The maximum Gasteiger partial charge on any atom is 0.322 e. The molecule has 12 heavy (non-hydrogen) atoms. The molecule has 72 valence electrons. The van der Waals surface area contributed by atoms with Crippen LogP contribution in [0.4, 0.5) is 0 Å². The number of hydrogen-bond acceptors (Lipinski definition) is 5. The number of hydrogen-bond donors (Lipinski definition) is 3. The Hall–Kier alpha value is -0.650. The van der Waals surface area contributed by atoms with E-state index in [2.05, 4.69) is 10.1 Å². The largest absolute Gasteiger partial charge is 0.462 e. The van der Waals surface area contributed by atoms with Crippen molar-refractivity contribution in [3.63, 3.8) is 0 Å². The third-order valence-electron chi connectivity index (χ3n) is 1.25. The van der Waals surface area contributed by atoms with E-state index >= 15 is 0 Å². The van der Waals surface area contributed by atoms with Gasteiger partial charge >= 0.3 is 5.97 Å². The highest BCUT2D eigenvalue weighted by molar-refractivity contribution is 5.75. The normalized spacial score (nSPS) is 12.6. The van der Waals surface area contributed by atoms with E-state index in [0.717, 1.165) is 0 Å². The number of esters is 1. The Morgan fingerprint density at radius 1 is 1.50 bits per heavy atom. The van der Waals surface area contributed by atoms with Crippen LogP contribution >= 0.6 is 0 Å². The second-order valence-electron chi connectivity index (χ2n) is 2.29. The average molecular weight is 177 g/mol. The number of carbonyl (C=O) groups is 1. The first-order valence-electron chi connectivity index (χ1n) is 3.84. The van der Waals surface area contributed by atoms with Crippen molar-refractivity contribution in [2.45, 2.75) is 13.0 Å². The van der Waals surface area contributed by atoms with E-state index in [9.17, 15) is 4.79 Å². The van der Waals surface area contributed by atoms with Crippen LogP contribution in [-0.2, 0) is 9.53 Å². The molecule has 0 rings (SSSR count). The zero-order valence-electron chi connectivity index (χ0n) is 7.12. The number of nitrogens with one attached hydrogen (secondary N) is 1. The molecule has 0 aliphatic rings. The van der Waals surface area contributed by atoms with Gasteiger partial charge in [0.05, 0.1) is 13.2 Å². The van der Waals surface area contributed by atoms with Gasteiger partial charge in [0.25, 0.3) is 0 Å². The smallest absolute Gasteiger partial charge is 0.322 e. The molecule has 0 amide bonds. The van der Waals surface area contributed by atoms with E-state index in [-0.39, 0.29) is 19.8 Å². The van der Waals surface area contributed by atoms with Crippen LogP contribution in [0, 0.1) is 0 Å². The van der Waals surface area contributed by atoms with Gasteiger partial charge in [-0.25, -0.2) is 0 Å². The van der Waals surface area contributed by atoms with E-state index < -0.39 is 12.0 Å². The summed E-state index contributed by atoms with van der Waals surface area (Å²) in [6, 6.07) is -0.441. The quantitative estimate of drug-likeness (QED) is 0.430. The Morgan fingerprint density at radius 3 is 2.67 bits per heavy atom. The van der Waals surface area contributed by atoms with Gasteiger partial charge in [0.2, 0.25) is 0 Å². The lowest BCUT2D eigenvalue weighted by Gasteiger charge is -2.11. The highest BCUT2D eigenvalue weighted by atomic mass is 16.5. The topological polar surface area (TPSA) is 78.8 Å². The molecule has 0 fully saturated rings. The minimum atomic E-state index is -0.441. The summed E-state index contributed by atoms with van der Waals surface area (Å²) < 4.78 is 4.62. The Balaban J connectivity index is 3.47. The van der Waals surface area contributed by atoms with Gasteiger partial charge in [-0.2, -0.15) is 0 Å². The SMILES string of the molecule is CC(NCCO)C(=O)OCCO. The molecule has 0 bridgehead atoms.